The van der Waals surface area contributed by atoms with Crippen molar-refractivity contribution in [3.05, 3.63) is 0 Å². The van der Waals surface area contributed by atoms with Crippen LogP contribution in [-0.2, 0) is 14.3 Å². The molecule has 0 aromatic rings. The normalized spacial score (nSPS) is 12.8. The van der Waals surface area contributed by atoms with Gasteiger partial charge in [-0.05, 0) is 0 Å². The van der Waals surface area contributed by atoms with E-state index in [1.165, 1.54) is 14.2 Å². The van der Waals surface area contributed by atoms with Gasteiger partial charge in [0.1, 0.15) is 0 Å². The van der Waals surface area contributed by atoms with Crippen molar-refractivity contribution in [3.8, 4) is 0 Å². The van der Waals surface area contributed by atoms with Crippen molar-refractivity contribution in [1.82, 2.24) is 4.90 Å². The van der Waals surface area contributed by atoms with Crippen LogP contribution in [0.3, 0.4) is 0 Å². The quantitative estimate of drug-likeness (QED) is 0.633. The van der Waals surface area contributed by atoms with Crippen molar-refractivity contribution >= 4 is 5.91 Å². The lowest BCUT2D eigenvalue weighted by Gasteiger charge is -2.23. The number of halogens is 2. The first-order chi connectivity index (χ1) is 8.04. The second-order valence-electron chi connectivity index (χ2n) is 3.52. The third kappa shape index (κ3) is 7.19. The molecule has 0 saturated carbocycles. The van der Waals surface area contributed by atoms with Crippen molar-refractivity contribution in [2.45, 2.75) is 19.0 Å². The molecular weight excluding hydrogens is 234 g/mol. The molecule has 0 aromatic heterocycles. The topological polar surface area (TPSA) is 64.8 Å². The van der Waals surface area contributed by atoms with Crippen molar-refractivity contribution in [2.75, 3.05) is 40.5 Å². The Hall–Kier alpha value is -0.790. The Bertz CT molecular complexity index is 214. The number of nitrogens with zero attached hydrogens (tertiary/aromatic N) is 1. The zero-order chi connectivity index (χ0) is 13.3. The minimum absolute atomic E-state index is 0.00341. The van der Waals surface area contributed by atoms with Crippen LogP contribution in [0.1, 0.15) is 6.42 Å². The zero-order valence-corrected chi connectivity index (χ0v) is 10.2. The number of methoxy groups -OCH3 is 2. The number of rotatable bonds is 9. The molecule has 0 radical (unpaired) electrons. The fourth-order valence-electron chi connectivity index (χ4n) is 1.27. The largest absolute Gasteiger partial charge is 0.383 e. The van der Waals surface area contributed by atoms with Gasteiger partial charge in [0.15, 0.2) is 0 Å². The molecule has 0 bridgehead atoms. The van der Waals surface area contributed by atoms with Gasteiger partial charge in [-0.3, -0.25) is 4.79 Å². The molecule has 0 aliphatic heterocycles. The molecule has 1 atom stereocenters. The highest BCUT2D eigenvalue weighted by atomic mass is 19.3. The van der Waals surface area contributed by atoms with Crippen LogP contribution in [0.15, 0.2) is 0 Å². The van der Waals surface area contributed by atoms with Crippen molar-refractivity contribution in [1.29, 1.82) is 0 Å². The Morgan fingerprint density at radius 2 is 2.06 bits per heavy atom. The highest BCUT2D eigenvalue weighted by Gasteiger charge is 2.20. The zero-order valence-electron chi connectivity index (χ0n) is 10.2. The maximum atomic E-state index is 12.3. The van der Waals surface area contributed by atoms with Gasteiger partial charge >= 0.3 is 0 Å². The van der Waals surface area contributed by atoms with E-state index >= 15 is 0 Å². The highest BCUT2D eigenvalue weighted by molar-refractivity contribution is 5.76. The van der Waals surface area contributed by atoms with Crippen LogP contribution in [0.25, 0.3) is 0 Å². The van der Waals surface area contributed by atoms with Crippen molar-refractivity contribution in [2.24, 2.45) is 5.73 Å². The third-order valence-electron chi connectivity index (χ3n) is 2.27. The molecule has 0 aliphatic rings. The van der Waals surface area contributed by atoms with E-state index in [1.807, 2.05) is 0 Å². The van der Waals surface area contributed by atoms with Crippen LogP contribution in [0.4, 0.5) is 8.78 Å². The molecule has 2 N–H and O–H groups in total. The fourth-order valence-corrected chi connectivity index (χ4v) is 1.27. The van der Waals surface area contributed by atoms with Crippen LogP contribution >= 0.6 is 0 Å². The minimum atomic E-state index is -2.56. The summed E-state index contributed by atoms with van der Waals surface area (Å²) in [5.41, 5.74) is 5.36. The van der Waals surface area contributed by atoms with Gasteiger partial charge in [0.05, 0.1) is 25.7 Å². The Kier molecular flexibility index (Phi) is 8.83. The van der Waals surface area contributed by atoms with E-state index in [0.29, 0.717) is 0 Å². The Labute approximate surface area is 99.8 Å². The van der Waals surface area contributed by atoms with Gasteiger partial charge in [-0.1, -0.05) is 0 Å². The van der Waals surface area contributed by atoms with Crippen LogP contribution in [0.5, 0.6) is 0 Å². The lowest BCUT2D eigenvalue weighted by Crippen LogP contribution is -2.40. The number of hydrogen-bond acceptors (Lipinski definition) is 4. The summed E-state index contributed by atoms with van der Waals surface area (Å²) in [6, 6.07) is 0. The van der Waals surface area contributed by atoms with E-state index in [1.54, 1.807) is 0 Å². The molecule has 1 unspecified atom stereocenters. The summed E-state index contributed by atoms with van der Waals surface area (Å²) in [7, 11) is 2.88. The number of hydrogen-bond donors (Lipinski definition) is 1. The summed E-state index contributed by atoms with van der Waals surface area (Å²) in [5.74, 6) is -0.403. The molecule has 0 saturated heterocycles. The van der Waals surface area contributed by atoms with Gasteiger partial charge in [-0.15, -0.1) is 0 Å². The van der Waals surface area contributed by atoms with E-state index in [4.69, 9.17) is 15.2 Å². The molecule has 0 aliphatic carbocycles. The van der Waals surface area contributed by atoms with Gasteiger partial charge in [-0.2, -0.15) is 0 Å². The van der Waals surface area contributed by atoms with E-state index in [0.717, 1.165) is 4.90 Å². The van der Waals surface area contributed by atoms with Gasteiger partial charge in [0.25, 0.3) is 6.43 Å². The summed E-state index contributed by atoms with van der Waals surface area (Å²) in [6.45, 7) is -0.0579. The van der Waals surface area contributed by atoms with E-state index in [2.05, 4.69) is 0 Å². The molecule has 0 heterocycles. The number of alkyl halides is 2. The molecular formula is C10H20F2N2O3. The Morgan fingerprint density at radius 1 is 1.41 bits per heavy atom. The predicted molar refractivity (Wildman–Crippen MR) is 58.9 cm³/mol. The minimum Gasteiger partial charge on any atom is -0.383 e. The SMILES string of the molecule is COCCN(CC(F)F)C(=O)CC(CN)OC. The molecule has 0 rings (SSSR count). The Balaban J connectivity index is 4.29. The van der Waals surface area contributed by atoms with Gasteiger partial charge in [-0.25, -0.2) is 8.78 Å². The number of carbonyl (C=O) groups is 1. The number of nitrogens with two attached hydrogens (primary N) is 1. The summed E-state index contributed by atoms with van der Waals surface area (Å²) in [5, 5.41) is 0. The van der Waals surface area contributed by atoms with Crippen molar-refractivity contribution < 1.29 is 23.0 Å². The molecule has 17 heavy (non-hydrogen) atoms. The third-order valence-corrected chi connectivity index (χ3v) is 2.27. The first-order valence-electron chi connectivity index (χ1n) is 5.32. The van der Waals surface area contributed by atoms with E-state index in [-0.39, 0.29) is 26.1 Å². The standard InChI is InChI=1S/C10H20F2N2O3/c1-16-4-3-14(7-9(11)12)10(15)5-8(6-13)17-2/h8-9H,3-7,13H2,1-2H3. The van der Waals surface area contributed by atoms with Gasteiger partial charge < -0.3 is 20.1 Å². The second-order valence-corrected chi connectivity index (χ2v) is 3.52. The van der Waals surface area contributed by atoms with E-state index in [9.17, 15) is 13.6 Å². The molecule has 0 spiro atoms. The lowest BCUT2D eigenvalue weighted by atomic mass is 10.2. The summed E-state index contributed by atoms with van der Waals surface area (Å²) >= 11 is 0. The summed E-state index contributed by atoms with van der Waals surface area (Å²) in [4.78, 5) is 12.8. The lowest BCUT2D eigenvalue weighted by molar-refractivity contribution is -0.136. The highest BCUT2D eigenvalue weighted by Crippen LogP contribution is 2.04. The van der Waals surface area contributed by atoms with Gasteiger partial charge in [0.2, 0.25) is 5.91 Å². The number of amides is 1. The number of ether oxygens (including phenoxy) is 2. The average molecular weight is 254 g/mol. The van der Waals surface area contributed by atoms with Crippen LogP contribution < -0.4 is 5.73 Å². The predicted octanol–water partition coefficient (Wildman–Crippen LogP) is 0.0903. The van der Waals surface area contributed by atoms with Crippen molar-refractivity contribution in [3.63, 3.8) is 0 Å². The fraction of sp³-hybridized carbons (Fsp3) is 0.900. The summed E-state index contributed by atoms with van der Waals surface area (Å²) in [6.07, 6.45) is -3.00. The van der Waals surface area contributed by atoms with Crippen LogP contribution in [0.2, 0.25) is 0 Å². The maximum Gasteiger partial charge on any atom is 0.255 e. The molecule has 7 heteroatoms. The molecule has 1 amide bonds. The van der Waals surface area contributed by atoms with Crippen LogP contribution in [-0.4, -0.2) is 63.8 Å². The Morgan fingerprint density at radius 3 is 2.47 bits per heavy atom. The molecule has 5 nitrogen and oxygen atoms in total. The van der Waals surface area contributed by atoms with E-state index < -0.39 is 25.0 Å². The molecule has 0 aromatic carbocycles. The molecule has 102 valence electrons. The number of carbonyl (C=O) groups excluding carboxylic acids is 1. The smallest absolute Gasteiger partial charge is 0.255 e. The van der Waals surface area contributed by atoms with Crippen LogP contribution in [0, 0.1) is 0 Å². The maximum absolute atomic E-state index is 12.3. The second kappa shape index (κ2) is 9.26. The average Bonchev–Trinajstić information content (AvgIpc) is 2.30. The first-order valence-corrected chi connectivity index (χ1v) is 5.32. The summed E-state index contributed by atoms with van der Waals surface area (Å²) < 4.78 is 34.3. The first kappa shape index (κ1) is 16.2. The van der Waals surface area contributed by atoms with Gasteiger partial charge in [0, 0.05) is 27.3 Å². The monoisotopic (exact) mass is 254 g/mol. The molecule has 0 fully saturated rings.